The molecular weight excluding hydrogens is 366 g/mol. The second-order valence-electron chi connectivity index (χ2n) is 7.16. The first kappa shape index (κ1) is 19.4. The summed E-state index contributed by atoms with van der Waals surface area (Å²) in [4.78, 5) is 28.0. The SMILES string of the molecule is O=C(NCCCN1CCOCC1)C(=O)c1c(-c2ccccc2)cc2ccccn12. The van der Waals surface area contributed by atoms with Crippen LogP contribution in [0.2, 0.25) is 0 Å². The first-order valence-corrected chi connectivity index (χ1v) is 10.0. The predicted octanol–water partition coefficient (Wildman–Crippen LogP) is 2.63. The van der Waals surface area contributed by atoms with Gasteiger partial charge in [-0.15, -0.1) is 0 Å². The van der Waals surface area contributed by atoms with Gasteiger partial charge in [-0.25, -0.2) is 0 Å². The van der Waals surface area contributed by atoms with Gasteiger partial charge in [-0.2, -0.15) is 0 Å². The Hall–Kier alpha value is -2.96. The van der Waals surface area contributed by atoms with Crippen molar-refractivity contribution in [2.24, 2.45) is 0 Å². The molecule has 6 nitrogen and oxygen atoms in total. The maximum Gasteiger partial charge on any atom is 0.294 e. The maximum atomic E-state index is 13.0. The van der Waals surface area contributed by atoms with E-state index in [0.717, 1.165) is 55.9 Å². The van der Waals surface area contributed by atoms with Gasteiger partial charge >= 0.3 is 0 Å². The van der Waals surface area contributed by atoms with Crippen LogP contribution in [-0.4, -0.2) is 60.4 Å². The average molecular weight is 391 g/mol. The Morgan fingerprint density at radius 2 is 1.76 bits per heavy atom. The fourth-order valence-electron chi connectivity index (χ4n) is 3.71. The Morgan fingerprint density at radius 3 is 2.55 bits per heavy atom. The number of benzene rings is 1. The van der Waals surface area contributed by atoms with Crippen molar-refractivity contribution < 1.29 is 14.3 Å². The van der Waals surface area contributed by atoms with Gasteiger partial charge < -0.3 is 14.5 Å². The minimum atomic E-state index is -0.562. The van der Waals surface area contributed by atoms with Gasteiger partial charge in [-0.1, -0.05) is 36.4 Å². The number of fused-ring (bicyclic) bond motifs is 1. The number of hydrogen-bond donors (Lipinski definition) is 1. The van der Waals surface area contributed by atoms with E-state index in [1.54, 1.807) is 4.40 Å². The molecule has 150 valence electrons. The number of hydrogen-bond acceptors (Lipinski definition) is 4. The largest absolute Gasteiger partial charge is 0.379 e. The number of nitrogens with one attached hydrogen (secondary N) is 1. The zero-order valence-electron chi connectivity index (χ0n) is 16.3. The van der Waals surface area contributed by atoms with E-state index < -0.39 is 11.7 Å². The fourth-order valence-corrected chi connectivity index (χ4v) is 3.71. The second kappa shape index (κ2) is 9.03. The number of morpholine rings is 1. The highest BCUT2D eigenvalue weighted by molar-refractivity contribution is 6.43. The average Bonchev–Trinajstić information content (AvgIpc) is 3.17. The van der Waals surface area contributed by atoms with Gasteiger partial charge in [0, 0.05) is 36.9 Å². The molecule has 3 aromatic rings. The van der Waals surface area contributed by atoms with E-state index in [2.05, 4.69) is 10.2 Å². The van der Waals surface area contributed by atoms with Gasteiger partial charge in [0.2, 0.25) is 0 Å². The minimum Gasteiger partial charge on any atom is -0.379 e. The number of Topliss-reactive ketones (excluding diaryl/α,β-unsaturated/α-hetero) is 1. The summed E-state index contributed by atoms with van der Waals surface area (Å²) < 4.78 is 7.13. The number of carbonyl (C=O) groups excluding carboxylic acids is 2. The molecule has 0 unspecified atom stereocenters. The van der Waals surface area contributed by atoms with Crippen LogP contribution in [0.1, 0.15) is 16.9 Å². The van der Waals surface area contributed by atoms with Crippen molar-refractivity contribution in [3.63, 3.8) is 0 Å². The molecular formula is C23H25N3O3. The van der Waals surface area contributed by atoms with Crippen LogP contribution in [0.4, 0.5) is 0 Å². The number of nitrogens with zero attached hydrogens (tertiary/aromatic N) is 2. The number of rotatable bonds is 7. The smallest absolute Gasteiger partial charge is 0.294 e. The van der Waals surface area contributed by atoms with Crippen molar-refractivity contribution in [3.05, 3.63) is 66.5 Å². The standard InChI is InChI=1S/C23H25N3O3/c27-22(23(28)24-10-6-11-25-13-15-29-16-14-25)21-20(18-7-2-1-3-8-18)17-19-9-4-5-12-26(19)21/h1-5,7-9,12,17H,6,10-11,13-16H2,(H,24,28). The molecule has 29 heavy (non-hydrogen) atoms. The van der Waals surface area contributed by atoms with Crippen LogP contribution in [-0.2, 0) is 9.53 Å². The van der Waals surface area contributed by atoms with E-state index in [1.165, 1.54) is 0 Å². The lowest BCUT2D eigenvalue weighted by atomic mass is 10.0. The van der Waals surface area contributed by atoms with Crippen molar-refractivity contribution in [2.45, 2.75) is 6.42 Å². The summed E-state index contributed by atoms with van der Waals surface area (Å²) in [6.45, 7) is 4.72. The molecule has 3 heterocycles. The molecule has 0 bridgehead atoms. The number of aromatic nitrogens is 1. The number of ether oxygens (including phenoxy) is 1. The highest BCUT2D eigenvalue weighted by Gasteiger charge is 2.24. The molecule has 0 spiro atoms. The number of amides is 1. The number of ketones is 1. The van der Waals surface area contributed by atoms with Crippen molar-refractivity contribution >= 4 is 17.2 Å². The molecule has 0 atom stereocenters. The molecule has 1 amide bonds. The summed E-state index contributed by atoms with van der Waals surface area (Å²) in [6, 6.07) is 17.4. The van der Waals surface area contributed by atoms with E-state index in [1.807, 2.05) is 60.8 Å². The van der Waals surface area contributed by atoms with Crippen molar-refractivity contribution in [3.8, 4) is 11.1 Å². The number of pyridine rings is 1. The zero-order chi connectivity index (χ0) is 20.1. The van der Waals surface area contributed by atoms with Gasteiger partial charge in [0.1, 0.15) is 5.69 Å². The van der Waals surface area contributed by atoms with Crippen molar-refractivity contribution in [2.75, 3.05) is 39.4 Å². The van der Waals surface area contributed by atoms with Gasteiger partial charge in [0.15, 0.2) is 0 Å². The summed E-state index contributed by atoms with van der Waals surface area (Å²) in [5.41, 5.74) is 2.97. The van der Waals surface area contributed by atoms with Crippen LogP contribution in [0.15, 0.2) is 60.8 Å². The van der Waals surface area contributed by atoms with Crippen LogP contribution in [0.3, 0.4) is 0 Å². The maximum absolute atomic E-state index is 13.0. The summed E-state index contributed by atoms with van der Waals surface area (Å²) in [7, 11) is 0. The lowest BCUT2D eigenvalue weighted by molar-refractivity contribution is -0.117. The van der Waals surface area contributed by atoms with E-state index in [-0.39, 0.29) is 0 Å². The lowest BCUT2D eigenvalue weighted by Crippen LogP contribution is -2.39. The second-order valence-corrected chi connectivity index (χ2v) is 7.16. The summed E-state index contributed by atoms with van der Waals surface area (Å²) in [5.74, 6) is -1.07. The topological polar surface area (TPSA) is 63.1 Å². The molecule has 2 aromatic heterocycles. The Balaban J connectivity index is 1.48. The van der Waals surface area contributed by atoms with Crippen LogP contribution in [0, 0.1) is 0 Å². The molecule has 4 rings (SSSR count). The third-order valence-corrected chi connectivity index (χ3v) is 5.23. The monoisotopic (exact) mass is 391 g/mol. The molecule has 1 aliphatic heterocycles. The van der Waals surface area contributed by atoms with E-state index in [0.29, 0.717) is 12.2 Å². The zero-order valence-corrected chi connectivity index (χ0v) is 16.3. The summed E-state index contributed by atoms with van der Waals surface area (Å²) in [5, 5.41) is 2.79. The normalized spacial score (nSPS) is 14.8. The Kier molecular flexibility index (Phi) is 6.03. The van der Waals surface area contributed by atoms with E-state index in [9.17, 15) is 9.59 Å². The van der Waals surface area contributed by atoms with Gasteiger partial charge in [-0.05, 0) is 36.7 Å². The molecule has 0 saturated carbocycles. The molecule has 1 fully saturated rings. The van der Waals surface area contributed by atoms with E-state index in [4.69, 9.17) is 4.74 Å². The Bertz CT molecular complexity index is 991. The lowest BCUT2D eigenvalue weighted by Gasteiger charge is -2.26. The molecule has 1 N–H and O–H groups in total. The van der Waals surface area contributed by atoms with Gasteiger partial charge in [0.05, 0.1) is 13.2 Å². The summed E-state index contributed by atoms with van der Waals surface area (Å²) >= 11 is 0. The van der Waals surface area contributed by atoms with Gasteiger partial charge in [-0.3, -0.25) is 14.5 Å². The third kappa shape index (κ3) is 4.39. The minimum absolute atomic E-state index is 0.400. The van der Waals surface area contributed by atoms with Crippen LogP contribution in [0.25, 0.3) is 16.6 Å². The molecule has 0 aliphatic carbocycles. The van der Waals surface area contributed by atoms with E-state index >= 15 is 0 Å². The Labute approximate surface area is 170 Å². The molecule has 1 aliphatic rings. The first-order chi connectivity index (χ1) is 14.2. The highest BCUT2D eigenvalue weighted by atomic mass is 16.5. The van der Waals surface area contributed by atoms with Crippen LogP contribution >= 0.6 is 0 Å². The number of carbonyl (C=O) groups is 2. The summed E-state index contributed by atoms with van der Waals surface area (Å²) in [6.07, 6.45) is 2.63. The van der Waals surface area contributed by atoms with Crippen molar-refractivity contribution in [1.29, 1.82) is 0 Å². The van der Waals surface area contributed by atoms with Gasteiger partial charge in [0.25, 0.3) is 11.7 Å². The fraction of sp³-hybridized carbons (Fsp3) is 0.304. The quantitative estimate of drug-likeness (QED) is 0.382. The molecule has 6 heteroatoms. The predicted molar refractivity (Wildman–Crippen MR) is 112 cm³/mol. The first-order valence-electron chi connectivity index (χ1n) is 10.0. The van der Waals surface area contributed by atoms with Crippen molar-refractivity contribution in [1.82, 2.24) is 14.6 Å². The molecule has 1 aromatic carbocycles. The van der Waals surface area contributed by atoms with Crippen LogP contribution < -0.4 is 5.32 Å². The Morgan fingerprint density at radius 1 is 1.00 bits per heavy atom. The molecule has 0 radical (unpaired) electrons. The van der Waals surface area contributed by atoms with Crippen LogP contribution in [0.5, 0.6) is 0 Å². The molecule has 1 saturated heterocycles. The highest BCUT2D eigenvalue weighted by Crippen LogP contribution is 2.28. The third-order valence-electron chi connectivity index (χ3n) is 5.23.